The van der Waals surface area contributed by atoms with Crippen molar-refractivity contribution in [2.24, 2.45) is 4.99 Å². The number of rotatable bonds is 4. The highest BCUT2D eigenvalue weighted by Gasteiger charge is 2.41. The molecule has 10 heteroatoms. The fourth-order valence-corrected chi connectivity index (χ4v) is 4.60. The first kappa shape index (κ1) is 20.9. The number of hydrogen-bond acceptors (Lipinski definition) is 8. The molecule has 2 saturated heterocycles. The summed E-state index contributed by atoms with van der Waals surface area (Å²) in [6.45, 7) is 2.94. The predicted octanol–water partition coefficient (Wildman–Crippen LogP) is 1.36. The molecule has 0 spiro atoms. The number of carbonyl (C=O) groups excluding carboxylic acids is 1. The Hall–Kier alpha value is -2.98. The molecule has 0 bridgehead atoms. The molecule has 5 heterocycles. The summed E-state index contributed by atoms with van der Waals surface area (Å²) in [4.78, 5) is 32.4. The molecular formula is C22H25FN6O3. The van der Waals surface area contributed by atoms with Crippen molar-refractivity contribution in [3.63, 3.8) is 0 Å². The second-order valence-electron chi connectivity index (χ2n) is 8.49. The molecule has 2 aromatic rings. The van der Waals surface area contributed by atoms with Gasteiger partial charge in [0.1, 0.15) is 24.0 Å². The minimum Gasteiger partial charge on any atom is -0.389 e. The lowest BCUT2D eigenvalue weighted by atomic mass is 10.0. The molecule has 4 atom stereocenters. The smallest absolute Gasteiger partial charge is 0.273 e. The number of halogens is 1. The minimum atomic E-state index is -1.12. The van der Waals surface area contributed by atoms with Gasteiger partial charge in [-0.2, -0.15) is 0 Å². The van der Waals surface area contributed by atoms with Gasteiger partial charge in [0.25, 0.3) is 5.91 Å². The van der Waals surface area contributed by atoms with Crippen LogP contribution in [0.4, 0.5) is 10.2 Å². The highest BCUT2D eigenvalue weighted by molar-refractivity contribution is 6.47. The highest BCUT2D eigenvalue weighted by Crippen LogP contribution is 2.35. The summed E-state index contributed by atoms with van der Waals surface area (Å²) in [5, 5.41) is 13.5. The lowest BCUT2D eigenvalue weighted by molar-refractivity contribution is -0.125. The third-order valence-electron chi connectivity index (χ3n) is 6.19. The van der Waals surface area contributed by atoms with Crippen LogP contribution in [-0.4, -0.2) is 74.7 Å². The maximum atomic E-state index is 14.5. The number of aromatic nitrogens is 3. The molecule has 0 radical (unpaired) electrons. The first-order chi connectivity index (χ1) is 15.5. The molecule has 1 amide bonds. The number of ether oxygens (including phenoxy) is 1. The van der Waals surface area contributed by atoms with Gasteiger partial charge in [-0.05, 0) is 24.5 Å². The molecule has 32 heavy (non-hydrogen) atoms. The van der Waals surface area contributed by atoms with Crippen LogP contribution in [0, 0.1) is 6.92 Å². The van der Waals surface area contributed by atoms with Gasteiger partial charge in [0, 0.05) is 25.4 Å². The van der Waals surface area contributed by atoms with Gasteiger partial charge in [-0.15, -0.1) is 0 Å². The number of carbonyl (C=O) groups is 1. The van der Waals surface area contributed by atoms with Crippen LogP contribution in [0.3, 0.4) is 0 Å². The van der Waals surface area contributed by atoms with Crippen molar-refractivity contribution in [3.8, 4) is 0 Å². The van der Waals surface area contributed by atoms with Crippen LogP contribution in [0.25, 0.3) is 0 Å². The lowest BCUT2D eigenvalue weighted by Crippen LogP contribution is -2.43. The van der Waals surface area contributed by atoms with E-state index in [2.05, 4.69) is 25.3 Å². The first-order valence-corrected chi connectivity index (χ1v) is 10.8. The Morgan fingerprint density at radius 3 is 3.03 bits per heavy atom. The SMILES string of the molecule is Cc1cncc([C@H]2C[C@H](F)CN2C(=O)C2=NCc3ncnc(N[C@@H]4CCOC[C@H]4O)c32)c1. The van der Waals surface area contributed by atoms with Crippen LogP contribution < -0.4 is 5.32 Å². The number of aryl methyl sites for hydroxylation is 1. The van der Waals surface area contributed by atoms with Gasteiger partial charge in [0.05, 0.1) is 49.1 Å². The Morgan fingerprint density at radius 2 is 2.22 bits per heavy atom. The Balaban J connectivity index is 1.44. The second kappa shape index (κ2) is 8.51. The van der Waals surface area contributed by atoms with E-state index >= 15 is 0 Å². The number of pyridine rings is 1. The molecule has 3 aliphatic rings. The number of aliphatic imine (C=N–C) groups is 1. The highest BCUT2D eigenvalue weighted by atomic mass is 19.1. The number of likely N-dealkylation sites (tertiary alicyclic amines) is 1. The molecule has 3 aliphatic heterocycles. The summed E-state index contributed by atoms with van der Waals surface area (Å²) < 4.78 is 19.7. The van der Waals surface area contributed by atoms with Crippen LogP contribution in [0.5, 0.6) is 0 Å². The summed E-state index contributed by atoms with van der Waals surface area (Å²) >= 11 is 0. The largest absolute Gasteiger partial charge is 0.389 e. The summed E-state index contributed by atoms with van der Waals surface area (Å²) in [6, 6.07) is 1.27. The monoisotopic (exact) mass is 440 g/mol. The van der Waals surface area contributed by atoms with Crippen LogP contribution in [-0.2, 0) is 16.1 Å². The summed E-state index contributed by atoms with van der Waals surface area (Å²) in [6.07, 6.45) is 3.87. The summed E-state index contributed by atoms with van der Waals surface area (Å²) in [7, 11) is 0. The van der Waals surface area contributed by atoms with Crippen molar-refractivity contribution in [3.05, 3.63) is 47.2 Å². The fourth-order valence-electron chi connectivity index (χ4n) is 4.60. The summed E-state index contributed by atoms with van der Waals surface area (Å²) in [5.74, 6) is 0.107. The van der Waals surface area contributed by atoms with Crippen LogP contribution in [0.1, 0.15) is 41.3 Å². The van der Waals surface area contributed by atoms with Gasteiger partial charge in [0.2, 0.25) is 0 Å². The normalized spacial score (nSPS) is 27.2. The maximum absolute atomic E-state index is 14.5. The van der Waals surface area contributed by atoms with E-state index in [1.807, 2.05) is 13.0 Å². The summed E-state index contributed by atoms with van der Waals surface area (Å²) in [5.41, 5.74) is 3.15. The zero-order valence-corrected chi connectivity index (χ0v) is 17.7. The maximum Gasteiger partial charge on any atom is 0.273 e. The lowest BCUT2D eigenvalue weighted by Gasteiger charge is -2.29. The Bertz CT molecular complexity index is 1060. The molecule has 168 valence electrons. The number of aliphatic hydroxyl groups excluding tert-OH is 1. The number of nitrogens with one attached hydrogen (secondary N) is 1. The van der Waals surface area contributed by atoms with Gasteiger partial charge in [-0.3, -0.25) is 14.8 Å². The standard InChI is InChI=1S/C22H25FN6O3/c1-12-4-13(7-24-6-12)17-5-14(23)9-29(17)22(31)20-19-16(8-25-20)26-11-27-21(19)28-15-2-3-32-10-18(15)30/h4,6-7,11,14-15,17-18,30H,2-3,5,8-10H2,1H3,(H,26,27,28)/t14-,15+,17+,18+/m0/s1. The predicted molar refractivity (Wildman–Crippen MR) is 114 cm³/mol. The number of amides is 1. The minimum absolute atomic E-state index is 0.000918. The fraction of sp³-hybridized carbons (Fsp3) is 0.500. The third-order valence-corrected chi connectivity index (χ3v) is 6.19. The van der Waals surface area contributed by atoms with E-state index in [0.29, 0.717) is 30.1 Å². The van der Waals surface area contributed by atoms with E-state index in [1.54, 1.807) is 12.4 Å². The van der Waals surface area contributed by atoms with Crippen LogP contribution >= 0.6 is 0 Å². The number of nitrogens with zero attached hydrogens (tertiary/aromatic N) is 5. The molecule has 2 fully saturated rings. The van der Waals surface area contributed by atoms with Crippen molar-refractivity contribution < 1.29 is 19.0 Å². The Kier molecular flexibility index (Phi) is 5.56. The van der Waals surface area contributed by atoms with Gasteiger partial charge in [-0.25, -0.2) is 14.4 Å². The van der Waals surface area contributed by atoms with Crippen molar-refractivity contribution in [2.75, 3.05) is 25.1 Å². The quantitative estimate of drug-likeness (QED) is 0.738. The van der Waals surface area contributed by atoms with Gasteiger partial charge >= 0.3 is 0 Å². The number of aliphatic hydroxyl groups is 1. The van der Waals surface area contributed by atoms with Crippen molar-refractivity contribution in [2.45, 2.75) is 50.7 Å². The number of alkyl halides is 1. The first-order valence-electron chi connectivity index (χ1n) is 10.8. The van der Waals surface area contributed by atoms with Gasteiger partial charge < -0.3 is 20.1 Å². The van der Waals surface area contributed by atoms with Crippen molar-refractivity contribution >= 4 is 17.4 Å². The average molecular weight is 440 g/mol. The van der Waals surface area contributed by atoms with E-state index in [1.165, 1.54) is 11.2 Å². The van der Waals surface area contributed by atoms with Crippen molar-refractivity contribution in [1.29, 1.82) is 0 Å². The average Bonchev–Trinajstić information content (AvgIpc) is 3.39. The second-order valence-corrected chi connectivity index (χ2v) is 8.49. The number of hydrogen-bond donors (Lipinski definition) is 2. The molecule has 0 saturated carbocycles. The van der Waals surface area contributed by atoms with Gasteiger partial charge in [-0.1, -0.05) is 6.07 Å². The molecule has 2 N–H and O–H groups in total. The molecule has 9 nitrogen and oxygen atoms in total. The van der Waals surface area contributed by atoms with E-state index < -0.39 is 18.3 Å². The Labute approximate surface area is 184 Å². The van der Waals surface area contributed by atoms with E-state index in [9.17, 15) is 14.3 Å². The molecule has 0 aliphatic carbocycles. The third kappa shape index (κ3) is 3.84. The molecule has 0 unspecified atom stereocenters. The van der Waals surface area contributed by atoms with Crippen molar-refractivity contribution in [1.82, 2.24) is 19.9 Å². The number of fused-ring (bicyclic) bond motifs is 1. The molecule has 0 aromatic carbocycles. The van der Waals surface area contributed by atoms with E-state index in [-0.39, 0.29) is 43.8 Å². The molecular weight excluding hydrogens is 415 g/mol. The zero-order valence-electron chi connectivity index (χ0n) is 17.7. The number of anilines is 1. The van der Waals surface area contributed by atoms with E-state index in [0.717, 1.165) is 11.1 Å². The van der Waals surface area contributed by atoms with Crippen LogP contribution in [0.2, 0.25) is 0 Å². The van der Waals surface area contributed by atoms with Gasteiger partial charge in [0.15, 0.2) is 0 Å². The molecule has 2 aromatic heterocycles. The molecule has 5 rings (SSSR count). The Morgan fingerprint density at radius 1 is 1.34 bits per heavy atom. The van der Waals surface area contributed by atoms with Crippen LogP contribution in [0.15, 0.2) is 29.8 Å². The topological polar surface area (TPSA) is 113 Å². The van der Waals surface area contributed by atoms with E-state index in [4.69, 9.17) is 4.74 Å². The zero-order chi connectivity index (χ0) is 22.2.